The highest BCUT2D eigenvalue weighted by Crippen LogP contribution is 2.18. The number of rotatable bonds is 5. The summed E-state index contributed by atoms with van der Waals surface area (Å²) in [6.07, 6.45) is 1.88. The van der Waals surface area contributed by atoms with Gasteiger partial charge in [-0.25, -0.2) is 5.01 Å². The highest BCUT2D eigenvalue weighted by atomic mass is 16.2. The van der Waals surface area contributed by atoms with Crippen molar-refractivity contribution in [3.05, 3.63) is 0 Å². The van der Waals surface area contributed by atoms with E-state index < -0.39 is 0 Å². The van der Waals surface area contributed by atoms with Crippen molar-refractivity contribution in [1.29, 1.82) is 0 Å². The Morgan fingerprint density at radius 1 is 1.44 bits per heavy atom. The average molecular weight is 225 g/mol. The molecule has 1 atom stereocenters. The van der Waals surface area contributed by atoms with Gasteiger partial charge in [-0.1, -0.05) is 20.8 Å². The summed E-state index contributed by atoms with van der Waals surface area (Å²) in [5, 5.41) is 6.05. The van der Waals surface area contributed by atoms with Gasteiger partial charge in [-0.3, -0.25) is 4.79 Å². The van der Waals surface area contributed by atoms with E-state index in [4.69, 9.17) is 0 Å². The Bertz CT molecular complexity index is 271. The summed E-state index contributed by atoms with van der Waals surface area (Å²) in [5.41, 5.74) is 1.15. The van der Waals surface area contributed by atoms with Crippen molar-refractivity contribution in [2.24, 2.45) is 5.10 Å². The van der Waals surface area contributed by atoms with Crippen LogP contribution in [0.5, 0.6) is 0 Å². The number of hydrazone groups is 1. The van der Waals surface area contributed by atoms with Gasteiger partial charge in [-0.15, -0.1) is 0 Å². The fraction of sp³-hybridized carbons (Fsp3) is 0.833. The number of carbonyl (C=O) groups is 1. The molecule has 4 nitrogen and oxygen atoms in total. The van der Waals surface area contributed by atoms with Crippen LogP contribution in [0.2, 0.25) is 0 Å². The lowest BCUT2D eigenvalue weighted by Gasteiger charge is -2.26. The third kappa shape index (κ3) is 3.04. The van der Waals surface area contributed by atoms with E-state index in [9.17, 15) is 4.79 Å². The van der Waals surface area contributed by atoms with Crippen molar-refractivity contribution in [3.63, 3.8) is 0 Å². The topological polar surface area (TPSA) is 35.9 Å². The molecule has 0 radical (unpaired) electrons. The van der Waals surface area contributed by atoms with Gasteiger partial charge in [0.2, 0.25) is 5.91 Å². The van der Waals surface area contributed by atoms with E-state index in [1.807, 2.05) is 0 Å². The van der Waals surface area contributed by atoms with Crippen LogP contribution in [0.25, 0.3) is 0 Å². The quantitative estimate of drug-likeness (QED) is 0.714. The number of hydrogen-bond donors (Lipinski definition) is 0. The fourth-order valence-corrected chi connectivity index (χ4v) is 2.10. The van der Waals surface area contributed by atoms with Crippen molar-refractivity contribution in [2.45, 2.75) is 46.6 Å². The van der Waals surface area contributed by atoms with Crippen molar-refractivity contribution in [1.82, 2.24) is 9.91 Å². The predicted octanol–water partition coefficient (Wildman–Crippen LogP) is 1.71. The molecule has 0 aromatic carbocycles. The molecule has 0 fully saturated rings. The molecule has 1 aliphatic rings. The molecule has 1 rings (SSSR count). The van der Waals surface area contributed by atoms with Gasteiger partial charge in [0.05, 0.1) is 6.04 Å². The van der Waals surface area contributed by atoms with Gasteiger partial charge in [0.15, 0.2) is 0 Å². The molecule has 0 bridgehead atoms. The van der Waals surface area contributed by atoms with E-state index in [2.05, 4.69) is 30.8 Å². The van der Waals surface area contributed by atoms with E-state index in [1.165, 1.54) is 0 Å². The monoisotopic (exact) mass is 225 g/mol. The maximum atomic E-state index is 11.5. The summed E-state index contributed by atoms with van der Waals surface area (Å²) in [7, 11) is 0. The minimum absolute atomic E-state index is 0.0561. The van der Waals surface area contributed by atoms with Crippen LogP contribution in [0, 0.1) is 0 Å². The van der Waals surface area contributed by atoms with Crippen molar-refractivity contribution in [3.8, 4) is 0 Å². The molecule has 0 aromatic heterocycles. The molecule has 1 unspecified atom stereocenters. The highest BCUT2D eigenvalue weighted by molar-refractivity contribution is 5.89. The molecule has 0 saturated carbocycles. The second kappa shape index (κ2) is 5.99. The first-order valence-electron chi connectivity index (χ1n) is 6.20. The van der Waals surface area contributed by atoms with E-state index in [1.54, 1.807) is 11.9 Å². The number of nitrogens with zero attached hydrogens (tertiary/aromatic N) is 3. The maximum absolute atomic E-state index is 11.5. The van der Waals surface area contributed by atoms with E-state index in [0.717, 1.165) is 38.2 Å². The van der Waals surface area contributed by atoms with Crippen LogP contribution in [-0.4, -0.2) is 47.2 Å². The van der Waals surface area contributed by atoms with Crippen LogP contribution in [0.4, 0.5) is 0 Å². The smallest absolute Gasteiger partial charge is 0.239 e. The molecule has 1 amide bonds. The number of carbonyl (C=O) groups excluding carboxylic acids is 1. The maximum Gasteiger partial charge on any atom is 0.239 e. The zero-order valence-electron chi connectivity index (χ0n) is 10.9. The van der Waals surface area contributed by atoms with Crippen LogP contribution in [-0.2, 0) is 4.79 Å². The van der Waals surface area contributed by atoms with Crippen molar-refractivity contribution < 1.29 is 4.79 Å². The molecule has 0 N–H and O–H groups in total. The Morgan fingerprint density at radius 2 is 2.06 bits per heavy atom. The van der Waals surface area contributed by atoms with Gasteiger partial charge >= 0.3 is 0 Å². The third-order valence-corrected chi connectivity index (χ3v) is 3.16. The van der Waals surface area contributed by atoms with Crippen LogP contribution < -0.4 is 0 Å². The second-order valence-corrected chi connectivity index (χ2v) is 4.23. The van der Waals surface area contributed by atoms with Crippen LogP contribution in [0.3, 0.4) is 0 Å². The lowest BCUT2D eigenvalue weighted by Crippen LogP contribution is -2.41. The van der Waals surface area contributed by atoms with Gasteiger partial charge in [0.25, 0.3) is 0 Å². The van der Waals surface area contributed by atoms with Gasteiger partial charge < -0.3 is 4.90 Å². The molecular formula is C12H23N3O. The van der Waals surface area contributed by atoms with Gasteiger partial charge in [0, 0.05) is 25.6 Å². The Kier molecular flexibility index (Phi) is 4.93. The molecule has 16 heavy (non-hydrogen) atoms. The van der Waals surface area contributed by atoms with Gasteiger partial charge in [0.1, 0.15) is 0 Å². The Labute approximate surface area is 98.3 Å². The standard InChI is InChI=1S/C12H23N3O/c1-5-11-8-12(9-14(6-2)7-3)15(13-11)10(4)16/h12H,5-9H2,1-4H3. The molecule has 0 aromatic rings. The normalized spacial score (nSPS) is 20.4. The van der Waals surface area contributed by atoms with Gasteiger partial charge in [-0.2, -0.15) is 5.10 Å². The number of hydrogen-bond acceptors (Lipinski definition) is 3. The second-order valence-electron chi connectivity index (χ2n) is 4.23. The highest BCUT2D eigenvalue weighted by Gasteiger charge is 2.29. The minimum atomic E-state index is 0.0561. The average Bonchev–Trinajstić information content (AvgIpc) is 2.69. The summed E-state index contributed by atoms with van der Waals surface area (Å²) in [5.74, 6) is 0.0561. The molecule has 0 aliphatic carbocycles. The number of likely N-dealkylation sites (N-methyl/N-ethyl adjacent to an activating group) is 1. The fourth-order valence-electron chi connectivity index (χ4n) is 2.10. The van der Waals surface area contributed by atoms with E-state index >= 15 is 0 Å². The Morgan fingerprint density at radius 3 is 2.50 bits per heavy atom. The molecule has 1 aliphatic heterocycles. The predicted molar refractivity (Wildman–Crippen MR) is 66.4 cm³/mol. The van der Waals surface area contributed by atoms with Crippen molar-refractivity contribution >= 4 is 11.6 Å². The summed E-state index contributed by atoms with van der Waals surface area (Å²) < 4.78 is 0. The zero-order valence-corrected chi connectivity index (χ0v) is 10.9. The lowest BCUT2D eigenvalue weighted by molar-refractivity contribution is -0.130. The first-order valence-corrected chi connectivity index (χ1v) is 6.20. The molecule has 0 spiro atoms. The lowest BCUT2D eigenvalue weighted by atomic mass is 10.1. The van der Waals surface area contributed by atoms with Gasteiger partial charge in [-0.05, 0) is 19.5 Å². The summed E-state index contributed by atoms with van der Waals surface area (Å²) in [6, 6.07) is 0.243. The summed E-state index contributed by atoms with van der Waals surface area (Å²) in [4.78, 5) is 13.8. The molecule has 1 heterocycles. The minimum Gasteiger partial charge on any atom is -0.302 e. The molecule has 4 heteroatoms. The first-order chi connectivity index (χ1) is 7.62. The Hall–Kier alpha value is -0.900. The van der Waals surface area contributed by atoms with Crippen molar-refractivity contribution in [2.75, 3.05) is 19.6 Å². The largest absolute Gasteiger partial charge is 0.302 e. The van der Waals surface area contributed by atoms with Crippen LogP contribution >= 0.6 is 0 Å². The molecular weight excluding hydrogens is 202 g/mol. The molecule has 92 valence electrons. The third-order valence-electron chi connectivity index (χ3n) is 3.16. The van der Waals surface area contributed by atoms with Crippen LogP contribution in [0.15, 0.2) is 5.10 Å². The van der Waals surface area contributed by atoms with E-state index in [-0.39, 0.29) is 11.9 Å². The summed E-state index contributed by atoms with van der Waals surface area (Å²) >= 11 is 0. The first kappa shape index (κ1) is 13.2. The zero-order chi connectivity index (χ0) is 12.1. The summed E-state index contributed by atoms with van der Waals surface area (Å²) in [6.45, 7) is 11.0. The van der Waals surface area contributed by atoms with E-state index in [0.29, 0.717) is 0 Å². The Balaban J connectivity index is 2.63. The SMILES string of the molecule is CCC1=NN(C(C)=O)C(CN(CC)CC)C1. The number of amides is 1. The van der Waals surface area contributed by atoms with Crippen LogP contribution in [0.1, 0.15) is 40.5 Å². The molecule has 0 saturated heterocycles.